The smallest absolute Gasteiger partial charge is 0.309 e. The molecule has 1 N–H and O–H groups in total. The molecule has 1 amide bonds. The molecule has 3 atom stereocenters. The van der Waals surface area contributed by atoms with Gasteiger partial charge >= 0.3 is 5.97 Å². The van der Waals surface area contributed by atoms with Gasteiger partial charge in [-0.2, -0.15) is 0 Å². The van der Waals surface area contributed by atoms with Gasteiger partial charge in [0.2, 0.25) is 0 Å². The quantitative estimate of drug-likeness (QED) is 0.808. The normalized spacial score (nSPS) is 19.6. The van der Waals surface area contributed by atoms with E-state index >= 15 is 0 Å². The van der Waals surface area contributed by atoms with Crippen molar-refractivity contribution in [1.82, 2.24) is 0 Å². The third kappa shape index (κ3) is 4.59. The van der Waals surface area contributed by atoms with Gasteiger partial charge < -0.3 is 14.8 Å². The van der Waals surface area contributed by atoms with Crippen molar-refractivity contribution in [2.24, 2.45) is 11.8 Å². The summed E-state index contributed by atoms with van der Waals surface area (Å²) in [6.07, 6.45) is 0.0244. The molecular formula is C20H21NO4. The Morgan fingerprint density at radius 3 is 2.24 bits per heavy atom. The van der Waals surface area contributed by atoms with Crippen molar-refractivity contribution in [2.45, 2.75) is 26.4 Å². The number of hydrogen-bond donors (Lipinski definition) is 1. The third-order valence-electron chi connectivity index (χ3n) is 4.18. The molecule has 1 aliphatic carbocycles. The van der Waals surface area contributed by atoms with Crippen LogP contribution in [0.2, 0.25) is 0 Å². The van der Waals surface area contributed by atoms with E-state index in [1.165, 1.54) is 0 Å². The third-order valence-corrected chi connectivity index (χ3v) is 4.18. The van der Waals surface area contributed by atoms with Crippen LogP contribution >= 0.6 is 0 Å². The van der Waals surface area contributed by atoms with Crippen LogP contribution in [0.25, 0.3) is 0 Å². The van der Waals surface area contributed by atoms with Crippen molar-refractivity contribution in [2.75, 3.05) is 5.32 Å². The van der Waals surface area contributed by atoms with E-state index in [0.717, 1.165) is 12.2 Å². The number of hydrogen-bond acceptors (Lipinski definition) is 4. The van der Waals surface area contributed by atoms with Crippen molar-refractivity contribution < 1.29 is 19.1 Å². The Morgan fingerprint density at radius 1 is 1.04 bits per heavy atom. The largest absolute Gasteiger partial charge is 0.457 e. The number of ether oxygens (including phenoxy) is 2. The molecule has 2 aromatic carbocycles. The highest BCUT2D eigenvalue weighted by molar-refractivity contribution is 5.95. The molecule has 5 nitrogen and oxygen atoms in total. The van der Waals surface area contributed by atoms with E-state index in [2.05, 4.69) is 5.32 Å². The van der Waals surface area contributed by atoms with Gasteiger partial charge in [-0.15, -0.1) is 0 Å². The first kappa shape index (κ1) is 17.0. The lowest BCUT2D eigenvalue weighted by Gasteiger charge is -2.14. The highest BCUT2D eigenvalue weighted by Gasteiger charge is 2.41. The fraction of sp³-hybridized carbons (Fsp3) is 0.300. The van der Waals surface area contributed by atoms with Gasteiger partial charge in [0.15, 0.2) is 6.10 Å². The van der Waals surface area contributed by atoms with Crippen molar-refractivity contribution in [3.05, 3.63) is 54.6 Å². The van der Waals surface area contributed by atoms with Gasteiger partial charge in [-0.3, -0.25) is 9.59 Å². The van der Waals surface area contributed by atoms with Crippen molar-refractivity contribution in [3.63, 3.8) is 0 Å². The van der Waals surface area contributed by atoms with Crippen molar-refractivity contribution in [1.29, 1.82) is 0 Å². The summed E-state index contributed by atoms with van der Waals surface area (Å²) >= 11 is 0. The number of carbonyl (C=O) groups excluding carboxylic acids is 2. The standard InChI is InChI=1S/C20H21NO4/c1-13-12-18(13)20(23)24-14(2)19(22)21-15-8-10-17(11-9-15)25-16-6-4-3-5-7-16/h3-11,13-14,18H,12H2,1-2H3,(H,21,22)/t13-,14+,18-/m1/s1. The second-order valence-electron chi connectivity index (χ2n) is 6.33. The molecule has 3 rings (SSSR count). The molecule has 25 heavy (non-hydrogen) atoms. The number of rotatable bonds is 6. The van der Waals surface area contributed by atoms with Gasteiger partial charge in [-0.05, 0) is 55.7 Å². The number of esters is 1. The fourth-order valence-electron chi connectivity index (χ4n) is 2.44. The molecule has 0 aromatic heterocycles. The Morgan fingerprint density at radius 2 is 1.64 bits per heavy atom. The van der Waals surface area contributed by atoms with Crippen molar-refractivity contribution in [3.8, 4) is 11.5 Å². The Hall–Kier alpha value is -2.82. The highest BCUT2D eigenvalue weighted by Crippen LogP contribution is 2.38. The van der Waals surface area contributed by atoms with E-state index in [4.69, 9.17) is 9.47 Å². The van der Waals surface area contributed by atoms with Gasteiger partial charge in [0.25, 0.3) is 5.91 Å². The van der Waals surface area contributed by atoms with E-state index in [0.29, 0.717) is 17.4 Å². The minimum Gasteiger partial charge on any atom is -0.457 e. The van der Waals surface area contributed by atoms with Crippen LogP contribution in [0.4, 0.5) is 5.69 Å². The Kier molecular flexibility index (Phi) is 5.03. The molecule has 1 fully saturated rings. The van der Waals surface area contributed by atoms with E-state index in [-0.39, 0.29) is 17.8 Å². The van der Waals surface area contributed by atoms with Crippen molar-refractivity contribution >= 4 is 17.6 Å². The first-order chi connectivity index (χ1) is 12.0. The van der Waals surface area contributed by atoms with Crippen LogP contribution < -0.4 is 10.1 Å². The van der Waals surface area contributed by atoms with E-state index in [1.807, 2.05) is 37.3 Å². The predicted octanol–water partition coefficient (Wildman–Crippen LogP) is 4.01. The first-order valence-corrected chi connectivity index (χ1v) is 8.37. The molecule has 130 valence electrons. The lowest BCUT2D eigenvalue weighted by Crippen LogP contribution is -2.30. The SMILES string of the molecule is C[C@H](OC(=O)[C@@H]1C[C@H]1C)C(=O)Nc1ccc(Oc2ccccc2)cc1. The van der Waals surface area contributed by atoms with E-state index in [9.17, 15) is 9.59 Å². The number of carbonyl (C=O) groups is 2. The maximum absolute atomic E-state index is 12.1. The molecule has 5 heteroatoms. The second-order valence-corrected chi connectivity index (χ2v) is 6.33. The first-order valence-electron chi connectivity index (χ1n) is 8.37. The fourth-order valence-corrected chi connectivity index (χ4v) is 2.44. The maximum atomic E-state index is 12.1. The molecular weight excluding hydrogens is 318 g/mol. The van der Waals surface area contributed by atoms with Crippen LogP contribution in [0.3, 0.4) is 0 Å². The molecule has 1 saturated carbocycles. The Balaban J connectivity index is 1.52. The minimum atomic E-state index is -0.819. The molecule has 0 saturated heterocycles. The lowest BCUT2D eigenvalue weighted by atomic mass is 10.2. The number of nitrogens with one attached hydrogen (secondary N) is 1. The zero-order chi connectivity index (χ0) is 17.8. The van der Waals surface area contributed by atoms with Crippen LogP contribution in [0.5, 0.6) is 11.5 Å². The van der Waals surface area contributed by atoms with Gasteiger partial charge in [-0.25, -0.2) is 0 Å². The number of benzene rings is 2. The van der Waals surface area contributed by atoms with Crippen LogP contribution in [-0.2, 0) is 14.3 Å². The summed E-state index contributed by atoms with van der Waals surface area (Å²) in [6, 6.07) is 16.5. The Bertz CT molecular complexity index is 742. The van der Waals surface area contributed by atoms with Crippen LogP contribution in [0, 0.1) is 11.8 Å². The van der Waals surface area contributed by atoms with Gasteiger partial charge in [-0.1, -0.05) is 25.1 Å². The maximum Gasteiger partial charge on any atom is 0.309 e. The summed E-state index contributed by atoms with van der Waals surface area (Å²) in [6.45, 7) is 3.57. The molecule has 1 aliphatic rings. The number of anilines is 1. The summed E-state index contributed by atoms with van der Waals surface area (Å²) in [5, 5.41) is 2.74. The number of amides is 1. The van der Waals surface area contributed by atoms with Crippen LogP contribution in [0.15, 0.2) is 54.6 Å². The zero-order valence-corrected chi connectivity index (χ0v) is 14.3. The predicted molar refractivity (Wildman–Crippen MR) is 94.4 cm³/mol. The highest BCUT2D eigenvalue weighted by atomic mass is 16.5. The molecule has 0 radical (unpaired) electrons. The van der Waals surface area contributed by atoms with Crippen LogP contribution in [0.1, 0.15) is 20.3 Å². The topological polar surface area (TPSA) is 64.6 Å². The summed E-state index contributed by atoms with van der Waals surface area (Å²) in [5.41, 5.74) is 0.619. The van der Waals surface area contributed by atoms with Gasteiger partial charge in [0.05, 0.1) is 5.92 Å². The number of para-hydroxylation sites is 1. The molecule has 0 aliphatic heterocycles. The van der Waals surface area contributed by atoms with Crippen LogP contribution in [-0.4, -0.2) is 18.0 Å². The van der Waals surface area contributed by atoms with Gasteiger partial charge in [0, 0.05) is 5.69 Å². The zero-order valence-electron chi connectivity index (χ0n) is 14.3. The molecule has 0 unspecified atom stereocenters. The average Bonchev–Trinajstić information content (AvgIpc) is 3.34. The summed E-state index contributed by atoms with van der Waals surface area (Å²) in [7, 11) is 0. The second kappa shape index (κ2) is 7.38. The van der Waals surface area contributed by atoms with E-state index in [1.54, 1.807) is 31.2 Å². The van der Waals surface area contributed by atoms with Gasteiger partial charge in [0.1, 0.15) is 11.5 Å². The molecule has 0 bridgehead atoms. The van der Waals surface area contributed by atoms with E-state index < -0.39 is 6.10 Å². The minimum absolute atomic E-state index is 0.0512. The summed E-state index contributed by atoms with van der Waals surface area (Å²) < 4.78 is 10.9. The Labute approximate surface area is 147 Å². The molecule has 0 spiro atoms. The monoisotopic (exact) mass is 339 g/mol. The lowest BCUT2D eigenvalue weighted by molar-refractivity contribution is -0.154. The average molecular weight is 339 g/mol. The summed E-state index contributed by atoms with van der Waals surface area (Å²) in [4.78, 5) is 23.9. The molecule has 2 aromatic rings. The summed E-state index contributed by atoms with van der Waals surface area (Å²) in [5.74, 6) is 1.09. The molecule has 0 heterocycles.